The monoisotopic (exact) mass is 1550 g/mol. The molecule has 10 heteroatoms. The van der Waals surface area contributed by atoms with Crippen molar-refractivity contribution in [1.29, 1.82) is 0 Å². The third kappa shape index (κ3) is 21.2. The summed E-state index contributed by atoms with van der Waals surface area (Å²) in [6.07, 6.45) is 55.7. The lowest BCUT2D eigenvalue weighted by Gasteiger charge is -2.25. The van der Waals surface area contributed by atoms with Crippen molar-refractivity contribution in [3.8, 4) is 0 Å². The Morgan fingerprint density at radius 3 is 0.675 bits per heavy atom. The molecule has 0 N–H and O–H groups in total. The van der Waals surface area contributed by atoms with Crippen molar-refractivity contribution in [2.75, 3.05) is 45.8 Å². The van der Waals surface area contributed by atoms with Gasteiger partial charge in [0.1, 0.15) is 0 Å². The van der Waals surface area contributed by atoms with Gasteiger partial charge in [0.2, 0.25) is 0 Å². The number of rotatable bonds is 56. The molecule has 7 aromatic rings. The standard InChI is InChI=1S/C104H146N4O6/c1-9-17-25-33-37-45-57-75(53-41-29-21-13-5)71-105-91-63-51-49-61-79(91)95(101(105)111)97-89-67-87-83(69-93(89)107(103(97)113)73-77(55-43-31-23-15-7)59-47-39-35-27-19-11-3)81-65-86-82(66-85(81)99(87)109)84-70-94-90(68-88(84)100(86)110)98(104(114)108(94)74-78(56-44-32-24-16-8)60-48-40-36-28-20-12-4)96-80-62-50-52-64-92(80)106(102(96)112)72-76(54-42-30-22-14-6)58-46-38-34-26-18-10-2/h49-52,61-70,75-78H,9-48,53-60,71-74H2,1-8H3/b97-95+,98-96+. The zero-order valence-corrected chi connectivity index (χ0v) is 72.4. The van der Waals surface area contributed by atoms with E-state index < -0.39 is 0 Å². The normalized spacial score (nSPS) is 16.6. The summed E-state index contributed by atoms with van der Waals surface area (Å²) in [5, 5.41) is 4.65. The van der Waals surface area contributed by atoms with Crippen LogP contribution in [-0.4, -0.2) is 49.8 Å². The van der Waals surface area contributed by atoms with Gasteiger partial charge in [-0.1, -0.05) is 349 Å². The molecule has 0 aliphatic carbocycles. The predicted octanol–water partition coefficient (Wildman–Crippen LogP) is 28.5. The second-order valence-electron chi connectivity index (χ2n) is 35.7. The fraction of sp³-hybridized carbons (Fsp3) is 0.615. The van der Waals surface area contributed by atoms with Gasteiger partial charge in [-0.2, -0.15) is 0 Å². The van der Waals surface area contributed by atoms with Crippen molar-refractivity contribution in [3.05, 3.63) is 128 Å². The third-order valence-electron chi connectivity index (χ3n) is 26.9. The van der Waals surface area contributed by atoms with E-state index in [1.165, 1.54) is 167 Å². The highest BCUT2D eigenvalue weighted by molar-refractivity contribution is 6.51. The molecule has 4 unspecified atom stereocenters. The van der Waals surface area contributed by atoms with Crippen molar-refractivity contribution in [2.24, 2.45) is 23.7 Å². The Hall–Kier alpha value is -7.20. The Morgan fingerprint density at radius 1 is 0.211 bits per heavy atom. The molecule has 0 bridgehead atoms. The van der Waals surface area contributed by atoms with E-state index in [2.05, 4.69) is 79.7 Å². The van der Waals surface area contributed by atoms with Gasteiger partial charge in [0, 0.05) is 70.0 Å². The van der Waals surface area contributed by atoms with Crippen LogP contribution < -0.4 is 30.5 Å². The maximum Gasteiger partial charge on any atom is 0.259 e. The van der Waals surface area contributed by atoms with E-state index in [4.69, 9.17) is 0 Å². The van der Waals surface area contributed by atoms with Crippen molar-refractivity contribution in [3.63, 3.8) is 0 Å². The summed E-state index contributed by atoms with van der Waals surface area (Å²) in [6, 6.07) is 28.1. The molecule has 618 valence electrons. The molecule has 4 aliphatic rings. The van der Waals surface area contributed by atoms with Gasteiger partial charge >= 0.3 is 0 Å². The number of amides is 4. The Balaban J connectivity index is 1.05. The van der Waals surface area contributed by atoms with Crippen molar-refractivity contribution >= 4 is 112 Å². The van der Waals surface area contributed by atoms with Crippen LogP contribution in [0.4, 0.5) is 22.7 Å². The van der Waals surface area contributed by atoms with Gasteiger partial charge in [0.15, 0.2) is 10.9 Å². The number of benzene rings is 5. The largest absolute Gasteiger partial charge is 0.307 e. The van der Waals surface area contributed by atoms with Gasteiger partial charge in [-0.05, 0) is 145 Å². The number of nitrogens with zero attached hydrogens (tertiary/aromatic N) is 4. The summed E-state index contributed by atoms with van der Waals surface area (Å²) in [7, 11) is 0. The number of carbonyl (C=O) groups is 4. The number of anilines is 4. The molecule has 11 rings (SSSR count). The van der Waals surface area contributed by atoms with Crippen LogP contribution >= 0.6 is 0 Å². The molecular formula is C104H146N4O6. The molecule has 0 radical (unpaired) electrons. The number of fused-ring (bicyclic) bond motifs is 10. The average molecular weight is 1550 g/mol. The van der Waals surface area contributed by atoms with Gasteiger partial charge < -0.3 is 19.6 Å². The zero-order valence-electron chi connectivity index (χ0n) is 72.4. The van der Waals surface area contributed by atoms with Crippen LogP contribution in [0, 0.1) is 23.7 Å². The van der Waals surface area contributed by atoms with Gasteiger partial charge in [-0.15, -0.1) is 0 Å². The molecule has 4 atom stereocenters. The van der Waals surface area contributed by atoms with Gasteiger partial charge in [-0.3, -0.25) is 28.8 Å². The van der Waals surface area contributed by atoms with Gasteiger partial charge in [0.25, 0.3) is 23.6 Å². The van der Waals surface area contributed by atoms with E-state index in [1.807, 2.05) is 80.3 Å². The van der Waals surface area contributed by atoms with Crippen LogP contribution in [0.15, 0.2) is 94.5 Å². The molecular weight excluding hydrogens is 1400 g/mol. The second kappa shape index (κ2) is 44.9. The summed E-state index contributed by atoms with van der Waals surface area (Å²) < 4.78 is 0. The zero-order chi connectivity index (χ0) is 80.3. The SMILES string of the molecule is CCCCCCCCC(CCCCCC)CN1C(=O)/C(=C2/C(=O)N(CC(CCCCCC)CCCCCCCC)c3cc4c(cc32)c(=O)c2cc3c(cc24)c(=O)c2cc4c(cc23)N(CC(CCCCCC)CCCCCCCC)C(=O)/C4=C2/C(=O)N(CC(CCCCCC)CCCCCCCC)c3ccccc32)c2ccccc21. The molecule has 0 aromatic heterocycles. The van der Waals surface area contributed by atoms with Crippen LogP contribution in [0.5, 0.6) is 0 Å². The van der Waals surface area contributed by atoms with Crippen molar-refractivity contribution < 1.29 is 19.2 Å². The highest BCUT2D eigenvalue weighted by Crippen LogP contribution is 2.52. The number of unbranched alkanes of at least 4 members (excludes halogenated alkanes) is 32. The Labute approximate surface area is 687 Å². The van der Waals surface area contributed by atoms with Crippen LogP contribution in [0.25, 0.3) is 65.4 Å². The Morgan fingerprint density at radius 2 is 0.412 bits per heavy atom. The first-order valence-electron chi connectivity index (χ1n) is 47.5. The highest BCUT2D eigenvalue weighted by Gasteiger charge is 2.46. The predicted molar refractivity (Wildman–Crippen MR) is 488 cm³/mol. The fourth-order valence-corrected chi connectivity index (χ4v) is 20.2. The number of para-hydroxylation sites is 2. The second-order valence-corrected chi connectivity index (χ2v) is 35.7. The van der Waals surface area contributed by atoms with E-state index in [1.54, 1.807) is 0 Å². The number of carbonyl (C=O) groups excluding carboxylic acids is 4. The molecule has 4 aliphatic heterocycles. The molecule has 4 amide bonds. The van der Waals surface area contributed by atoms with Crippen LogP contribution in [0.1, 0.15) is 386 Å². The minimum atomic E-state index is -0.178. The summed E-state index contributed by atoms with van der Waals surface area (Å²) in [5.41, 5.74) is 7.29. The first kappa shape index (κ1) is 87.6. The molecule has 0 saturated heterocycles. The van der Waals surface area contributed by atoms with Crippen LogP contribution in [0.2, 0.25) is 0 Å². The molecule has 0 saturated carbocycles. The summed E-state index contributed by atoms with van der Waals surface area (Å²) in [6.45, 7) is 20.3. The molecule has 0 spiro atoms. The topological polar surface area (TPSA) is 115 Å². The van der Waals surface area contributed by atoms with E-state index in [9.17, 15) is 0 Å². The van der Waals surface area contributed by atoms with Gasteiger partial charge in [-0.25, -0.2) is 0 Å². The number of hydrogen-bond acceptors (Lipinski definition) is 6. The van der Waals surface area contributed by atoms with Crippen LogP contribution in [-0.2, 0) is 19.2 Å². The summed E-state index contributed by atoms with van der Waals surface area (Å²) in [4.78, 5) is 104. The quantitative estimate of drug-likeness (QED) is 0.0277. The van der Waals surface area contributed by atoms with E-state index >= 15 is 28.8 Å². The molecule has 0 fully saturated rings. The maximum atomic E-state index is 16.3. The van der Waals surface area contributed by atoms with Crippen molar-refractivity contribution in [2.45, 2.75) is 364 Å². The number of hydrogen-bond donors (Lipinski definition) is 0. The first-order chi connectivity index (χ1) is 55.9. The molecule has 10 nitrogen and oxygen atoms in total. The van der Waals surface area contributed by atoms with E-state index in [-0.39, 0.29) is 46.3 Å². The van der Waals surface area contributed by atoms with E-state index in [0.29, 0.717) is 115 Å². The maximum absolute atomic E-state index is 16.3. The third-order valence-corrected chi connectivity index (χ3v) is 26.9. The smallest absolute Gasteiger partial charge is 0.259 e. The van der Waals surface area contributed by atoms with E-state index in [0.717, 1.165) is 175 Å². The summed E-state index contributed by atoms with van der Waals surface area (Å²) in [5.74, 6) is 0.490. The van der Waals surface area contributed by atoms with Crippen molar-refractivity contribution in [1.82, 2.24) is 0 Å². The highest BCUT2D eigenvalue weighted by atomic mass is 16.2. The lowest BCUT2D eigenvalue weighted by molar-refractivity contribution is -0.114. The first-order valence-corrected chi connectivity index (χ1v) is 47.5. The minimum absolute atomic E-state index is 0.131. The summed E-state index contributed by atoms with van der Waals surface area (Å²) >= 11 is 0. The molecule has 114 heavy (non-hydrogen) atoms. The average Bonchev–Trinajstić information content (AvgIpc) is 1.55. The molecule has 7 aromatic carbocycles. The fourth-order valence-electron chi connectivity index (χ4n) is 20.2. The lowest BCUT2D eigenvalue weighted by Crippen LogP contribution is -2.34. The lowest BCUT2D eigenvalue weighted by atomic mass is 9.93. The van der Waals surface area contributed by atoms with Gasteiger partial charge in [0.05, 0.1) is 45.0 Å². The van der Waals surface area contributed by atoms with Crippen LogP contribution in [0.3, 0.4) is 0 Å². The Kier molecular flexibility index (Phi) is 34.5. The molecule has 4 heterocycles. The Bertz CT molecular complexity index is 4190. The minimum Gasteiger partial charge on any atom is -0.307 e.